The van der Waals surface area contributed by atoms with Gasteiger partial charge in [-0.1, -0.05) is 48.5 Å². The number of hydrogen-bond acceptors (Lipinski definition) is 3. The van der Waals surface area contributed by atoms with E-state index in [9.17, 15) is 9.90 Å². The average Bonchev–Trinajstić information content (AvgIpc) is 2.55. The van der Waals surface area contributed by atoms with Crippen LogP contribution in [0.2, 0.25) is 0 Å². The third-order valence-electron chi connectivity index (χ3n) is 3.77. The molecule has 1 N–H and O–H groups in total. The molecule has 3 heteroatoms. The van der Waals surface area contributed by atoms with Gasteiger partial charge >= 0.3 is 0 Å². The van der Waals surface area contributed by atoms with Crippen molar-refractivity contribution in [1.29, 1.82) is 0 Å². The van der Waals surface area contributed by atoms with Crippen LogP contribution in [0, 0.1) is 0 Å². The van der Waals surface area contributed by atoms with E-state index < -0.39 is 0 Å². The van der Waals surface area contributed by atoms with E-state index in [1.54, 1.807) is 18.2 Å². The van der Waals surface area contributed by atoms with Gasteiger partial charge in [0, 0.05) is 17.0 Å². The number of phenols is 1. The van der Waals surface area contributed by atoms with Gasteiger partial charge in [-0.25, -0.2) is 0 Å². The molecule has 0 amide bonds. The number of hydrogen-bond donors (Lipinski definition) is 1. The van der Waals surface area contributed by atoms with Crippen molar-refractivity contribution >= 4 is 21.7 Å². The summed E-state index contributed by atoms with van der Waals surface area (Å²) in [4.78, 5) is 12.6. The molecule has 22 heavy (non-hydrogen) atoms. The molecule has 4 aromatic rings. The number of aromatic hydroxyl groups is 1. The van der Waals surface area contributed by atoms with E-state index >= 15 is 0 Å². The van der Waals surface area contributed by atoms with Crippen LogP contribution in [0.4, 0.5) is 0 Å². The Morgan fingerprint density at radius 3 is 2.45 bits per heavy atom. The molecule has 0 fully saturated rings. The highest BCUT2D eigenvalue weighted by Crippen LogP contribution is 2.32. The van der Waals surface area contributed by atoms with Crippen LogP contribution in [-0.4, -0.2) is 5.11 Å². The molecular weight excluding hydrogens is 276 g/mol. The van der Waals surface area contributed by atoms with Crippen molar-refractivity contribution in [3.63, 3.8) is 0 Å². The van der Waals surface area contributed by atoms with Crippen LogP contribution >= 0.6 is 0 Å². The molecule has 1 heterocycles. The Bertz CT molecular complexity index is 1050. The quantitative estimate of drug-likeness (QED) is 0.531. The first-order valence-electron chi connectivity index (χ1n) is 6.98. The Morgan fingerprint density at radius 2 is 1.64 bits per heavy atom. The maximum absolute atomic E-state index is 12.6. The summed E-state index contributed by atoms with van der Waals surface area (Å²) in [6.45, 7) is 0. The van der Waals surface area contributed by atoms with Gasteiger partial charge in [-0.05, 0) is 17.5 Å². The van der Waals surface area contributed by atoms with Crippen LogP contribution in [0.3, 0.4) is 0 Å². The molecule has 0 radical (unpaired) electrons. The van der Waals surface area contributed by atoms with Gasteiger partial charge < -0.3 is 9.52 Å². The number of phenolic OH excluding ortho intramolecular Hbond substituents is 1. The molecule has 106 valence electrons. The Morgan fingerprint density at radius 1 is 0.818 bits per heavy atom. The zero-order valence-electron chi connectivity index (χ0n) is 11.6. The van der Waals surface area contributed by atoms with Crippen LogP contribution in [0.25, 0.3) is 33.1 Å². The Kier molecular flexibility index (Phi) is 2.73. The van der Waals surface area contributed by atoms with Gasteiger partial charge in [-0.2, -0.15) is 0 Å². The van der Waals surface area contributed by atoms with E-state index in [0.717, 1.165) is 10.9 Å². The monoisotopic (exact) mass is 288 g/mol. The molecule has 1 aromatic heterocycles. The van der Waals surface area contributed by atoms with Gasteiger partial charge in [0.15, 0.2) is 5.43 Å². The van der Waals surface area contributed by atoms with Crippen molar-refractivity contribution in [3.8, 4) is 17.1 Å². The third-order valence-corrected chi connectivity index (χ3v) is 3.77. The maximum atomic E-state index is 12.6. The van der Waals surface area contributed by atoms with Gasteiger partial charge in [0.2, 0.25) is 0 Å². The summed E-state index contributed by atoms with van der Waals surface area (Å²) in [5.41, 5.74) is 1.16. The van der Waals surface area contributed by atoms with Crippen molar-refractivity contribution in [2.24, 2.45) is 0 Å². The molecule has 0 aliphatic carbocycles. The summed E-state index contributed by atoms with van der Waals surface area (Å²) >= 11 is 0. The smallest absolute Gasteiger partial charge is 0.194 e. The predicted octanol–water partition coefficient (Wildman–Crippen LogP) is 4.32. The highest BCUT2D eigenvalue weighted by molar-refractivity contribution is 6.08. The number of benzene rings is 3. The van der Waals surface area contributed by atoms with E-state index in [-0.39, 0.29) is 11.2 Å². The van der Waals surface area contributed by atoms with E-state index in [1.165, 1.54) is 6.07 Å². The molecule has 3 aromatic carbocycles. The van der Waals surface area contributed by atoms with Gasteiger partial charge in [-0.3, -0.25) is 4.79 Å². The Balaban J connectivity index is 2.11. The summed E-state index contributed by atoms with van der Waals surface area (Å²) in [7, 11) is 0. The second kappa shape index (κ2) is 4.74. The first-order chi connectivity index (χ1) is 10.7. The van der Waals surface area contributed by atoms with Crippen molar-refractivity contribution < 1.29 is 9.52 Å². The van der Waals surface area contributed by atoms with E-state index in [4.69, 9.17) is 4.42 Å². The number of fused-ring (bicyclic) bond motifs is 3. The van der Waals surface area contributed by atoms with E-state index in [0.29, 0.717) is 22.1 Å². The fourth-order valence-electron chi connectivity index (χ4n) is 2.75. The summed E-state index contributed by atoms with van der Waals surface area (Å²) in [5, 5.41) is 11.9. The SMILES string of the molecule is O=c1cc(-c2ccccc2)oc2ccc3cccc(O)c3c12. The van der Waals surface area contributed by atoms with E-state index in [1.807, 2.05) is 42.5 Å². The number of rotatable bonds is 1. The fraction of sp³-hybridized carbons (Fsp3) is 0. The standard InChI is InChI=1S/C19H12O3/c20-14-8-4-7-13-9-10-16-19(18(13)14)15(21)11-17(22-16)12-5-2-1-3-6-12/h1-11,20H. The van der Waals surface area contributed by atoms with Crippen LogP contribution in [0.1, 0.15) is 0 Å². The summed E-state index contributed by atoms with van der Waals surface area (Å²) in [6.07, 6.45) is 0. The normalized spacial score (nSPS) is 11.1. The lowest BCUT2D eigenvalue weighted by molar-refractivity contribution is 0.482. The van der Waals surface area contributed by atoms with E-state index in [2.05, 4.69) is 0 Å². The first kappa shape index (κ1) is 12.7. The average molecular weight is 288 g/mol. The van der Waals surface area contributed by atoms with Gasteiger partial charge in [-0.15, -0.1) is 0 Å². The van der Waals surface area contributed by atoms with Crippen LogP contribution in [0.15, 0.2) is 75.9 Å². The summed E-state index contributed by atoms with van der Waals surface area (Å²) in [6, 6.07) is 19.8. The lowest BCUT2D eigenvalue weighted by Gasteiger charge is -2.07. The molecule has 0 atom stereocenters. The second-order valence-corrected chi connectivity index (χ2v) is 5.15. The molecule has 0 spiro atoms. The minimum atomic E-state index is -0.160. The largest absolute Gasteiger partial charge is 0.507 e. The van der Waals surface area contributed by atoms with Crippen molar-refractivity contribution in [3.05, 3.63) is 77.0 Å². The zero-order chi connectivity index (χ0) is 15.1. The molecule has 0 aliphatic heterocycles. The Hall–Kier alpha value is -3.07. The molecule has 0 aliphatic rings. The first-order valence-corrected chi connectivity index (χ1v) is 6.98. The zero-order valence-corrected chi connectivity index (χ0v) is 11.6. The summed E-state index contributed by atoms with van der Waals surface area (Å²) in [5.74, 6) is 0.607. The van der Waals surface area contributed by atoms with Crippen molar-refractivity contribution in [2.45, 2.75) is 0 Å². The Labute approximate surface area is 126 Å². The molecular formula is C19H12O3. The van der Waals surface area contributed by atoms with Crippen LogP contribution in [0.5, 0.6) is 5.75 Å². The lowest BCUT2D eigenvalue weighted by atomic mass is 10.0. The van der Waals surface area contributed by atoms with Crippen LogP contribution in [-0.2, 0) is 0 Å². The molecule has 0 saturated heterocycles. The maximum Gasteiger partial charge on any atom is 0.194 e. The molecule has 3 nitrogen and oxygen atoms in total. The van der Waals surface area contributed by atoms with Crippen molar-refractivity contribution in [1.82, 2.24) is 0 Å². The topological polar surface area (TPSA) is 50.4 Å². The minimum absolute atomic E-state index is 0.0860. The molecule has 4 rings (SSSR count). The highest BCUT2D eigenvalue weighted by atomic mass is 16.3. The van der Waals surface area contributed by atoms with Gasteiger partial charge in [0.05, 0.1) is 5.39 Å². The molecule has 0 saturated carbocycles. The highest BCUT2D eigenvalue weighted by Gasteiger charge is 2.12. The predicted molar refractivity (Wildman–Crippen MR) is 87.1 cm³/mol. The summed E-state index contributed by atoms with van der Waals surface area (Å²) < 4.78 is 5.88. The van der Waals surface area contributed by atoms with Gasteiger partial charge in [0.25, 0.3) is 0 Å². The molecule has 0 bridgehead atoms. The minimum Gasteiger partial charge on any atom is -0.507 e. The lowest BCUT2D eigenvalue weighted by Crippen LogP contribution is -2.01. The van der Waals surface area contributed by atoms with Crippen LogP contribution < -0.4 is 5.43 Å². The third kappa shape index (κ3) is 1.87. The van der Waals surface area contributed by atoms with Crippen molar-refractivity contribution in [2.75, 3.05) is 0 Å². The van der Waals surface area contributed by atoms with Gasteiger partial charge in [0.1, 0.15) is 17.1 Å². The second-order valence-electron chi connectivity index (χ2n) is 5.15. The molecule has 0 unspecified atom stereocenters. The fourth-order valence-corrected chi connectivity index (χ4v) is 2.75.